The fourth-order valence-electron chi connectivity index (χ4n) is 3.25. The van der Waals surface area contributed by atoms with E-state index in [2.05, 4.69) is 28.3 Å². The summed E-state index contributed by atoms with van der Waals surface area (Å²) in [4.78, 5) is 35.0. The van der Waals surface area contributed by atoms with E-state index in [0.717, 1.165) is 26.4 Å². The molecule has 0 radical (unpaired) electrons. The van der Waals surface area contributed by atoms with Crippen LogP contribution in [0, 0.1) is 6.92 Å². The molecule has 0 aliphatic carbocycles. The maximum Gasteiger partial charge on any atom is 0.222 e. The third-order valence-electron chi connectivity index (χ3n) is 5.03. The Morgan fingerprint density at radius 3 is 2.63 bits per heavy atom. The molecule has 0 bridgehead atoms. The number of ketones is 1. The third-order valence-corrected chi connectivity index (χ3v) is 5.96. The monoisotopic (exact) mass is 421 g/mol. The molecular formula is C22H23N5O2S. The molecular weight excluding hydrogens is 398 g/mol. The van der Waals surface area contributed by atoms with Crippen LogP contribution in [0.15, 0.2) is 36.4 Å². The summed E-state index contributed by atoms with van der Waals surface area (Å²) in [6.07, 6.45) is 0.390. The highest BCUT2D eigenvalue weighted by Crippen LogP contribution is 2.30. The summed E-state index contributed by atoms with van der Waals surface area (Å²) in [6, 6.07) is 11.6. The largest absolute Gasteiger partial charge is 0.349 e. The van der Waals surface area contributed by atoms with Crippen LogP contribution in [-0.2, 0) is 11.8 Å². The number of Topliss-reactive ketones (excluding diaryl/α,β-unsaturated/α-hetero) is 1. The number of amides is 1. The molecule has 0 aliphatic rings. The van der Waals surface area contributed by atoms with Crippen LogP contribution in [0.3, 0.4) is 0 Å². The first kappa shape index (κ1) is 20.0. The number of carbonyl (C=O) groups excluding carboxylic acids is 2. The number of benzene rings is 2. The van der Waals surface area contributed by atoms with E-state index in [1.165, 1.54) is 10.5 Å². The van der Waals surface area contributed by atoms with Gasteiger partial charge in [-0.25, -0.2) is 9.97 Å². The van der Waals surface area contributed by atoms with Crippen molar-refractivity contribution >= 4 is 55.4 Å². The number of hydrogen-bond donors (Lipinski definition) is 1. The number of thiazole rings is 1. The molecule has 0 saturated carbocycles. The Morgan fingerprint density at radius 2 is 1.87 bits per heavy atom. The van der Waals surface area contributed by atoms with Crippen molar-refractivity contribution in [3.63, 3.8) is 0 Å². The van der Waals surface area contributed by atoms with Gasteiger partial charge in [0.2, 0.25) is 11.9 Å². The van der Waals surface area contributed by atoms with E-state index in [4.69, 9.17) is 0 Å². The lowest BCUT2D eigenvalue weighted by atomic mass is 10.1. The van der Waals surface area contributed by atoms with Crippen molar-refractivity contribution in [2.75, 3.05) is 19.4 Å². The van der Waals surface area contributed by atoms with E-state index in [1.807, 2.05) is 29.8 Å². The SMILES string of the molecule is Cc1ccc2nc(Nc3nc4cc(C(=O)CCC(=O)N(C)C)ccc4n3C)sc2c1. The summed E-state index contributed by atoms with van der Waals surface area (Å²) in [5, 5.41) is 4.07. The van der Waals surface area contributed by atoms with Crippen molar-refractivity contribution in [1.29, 1.82) is 0 Å². The minimum absolute atomic E-state index is 0.0558. The molecule has 0 spiro atoms. The summed E-state index contributed by atoms with van der Waals surface area (Å²) in [6.45, 7) is 2.06. The van der Waals surface area contributed by atoms with Crippen molar-refractivity contribution < 1.29 is 9.59 Å². The van der Waals surface area contributed by atoms with Crippen LogP contribution >= 0.6 is 11.3 Å². The Balaban J connectivity index is 1.57. The maximum atomic E-state index is 12.5. The Morgan fingerprint density at radius 1 is 1.07 bits per heavy atom. The molecule has 4 aromatic rings. The molecule has 2 aromatic heterocycles. The first-order valence-corrected chi connectivity index (χ1v) is 10.5. The molecule has 0 fully saturated rings. The number of aryl methyl sites for hydroxylation is 2. The van der Waals surface area contributed by atoms with Crippen LogP contribution in [0.1, 0.15) is 28.8 Å². The van der Waals surface area contributed by atoms with E-state index in [0.29, 0.717) is 11.5 Å². The quantitative estimate of drug-likeness (QED) is 0.470. The first-order chi connectivity index (χ1) is 14.3. The number of nitrogens with zero attached hydrogens (tertiary/aromatic N) is 4. The second-order valence-corrected chi connectivity index (χ2v) is 8.56. The Hall–Kier alpha value is -3.26. The van der Waals surface area contributed by atoms with E-state index in [9.17, 15) is 9.59 Å². The number of fused-ring (bicyclic) bond motifs is 2. The number of imidazole rings is 1. The number of anilines is 2. The summed E-state index contributed by atoms with van der Waals surface area (Å²) in [7, 11) is 5.30. The number of aromatic nitrogens is 3. The van der Waals surface area contributed by atoms with Gasteiger partial charge in [0.05, 0.1) is 21.3 Å². The Kier molecular flexibility index (Phi) is 5.26. The molecule has 0 saturated heterocycles. The second kappa shape index (κ2) is 7.87. The molecule has 1 amide bonds. The molecule has 154 valence electrons. The topological polar surface area (TPSA) is 80.1 Å². The maximum absolute atomic E-state index is 12.5. The van der Waals surface area contributed by atoms with Gasteiger partial charge in [0, 0.05) is 39.5 Å². The highest BCUT2D eigenvalue weighted by Gasteiger charge is 2.15. The van der Waals surface area contributed by atoms with Gasteiger partial charge in [0.25, 0.3) is 0 Å². The molecule has 7 nitrogen and oxygen atoms in total. The predicted octanol–water partition coefficient (Wildman–Crippen LogP) is 4.29. The first-order valence-electron chi connectivity index (χ1n) is 9.66. The lowest BCUT2D eigenvalue weighted by Gasteiger charge is -2.09. The van der Waals surface area contributed by atoms with Gasteiger partial charge in [-0.15, -0.1) is 0 Å². The standard InChI is InChI=1S/C22H23N5O2S/c1-13-5-7-15-19(11-13)30-22(24-15)25-21-23-16-12-14(6-8-17(16)27(21)4)18(28)9-10-20(29)26(2)3/h5-8,11-12H,9-10H2,1-4H3,(H,23,24,25). The Bertz CT molecular complexity index is 1270. The van der Waals surface area contributed by atoms with Gasteiger partial charge in [-0.1, -0.05) is 17.4 Å². The van der Waals surface area contributed by atoms with Gasteiger partial charge in [0.1, 0.15) is 0 Å². The van der Waals surface area contributed by atoms with E-state index in [1.54, 1.807) is 37.6 Å². The Labute approximate surface area is 178 Å². The minimum atomic E-state index is -0.0613. The number of hydrogen-bond acceptors (Lipinski definition) is 6. The molecule has 2 aromatic carbocycles. The van der Waals surface area contributed by atoms with E-state index in [-0.39, 0.29) is 24.5 Å². The smallest absolute Gasteiger partial charge is 0.222 e. The second-order valence-electron chi connectivity index (χ2n) is 7.52. The summed E-state index contributed by atoms with van der Waals surface area (Å²) in [5.41, 5.74) is 4.35. The van der Waals surface area contributed by atoms with E-state index < -0.39 is 0 Å². The lowest BCUT2D eigenvalue weighted by molar-refractivity contribution is -0.128. The molecule has 0 aliphatic heterocycles. The summed E-state index contributed by atoms with van der Waals surface area (Å²) in [5.74, 6) is 0.543. The van der Waals surface area contributed by atoms with Crippen molar-refractivity contribution in [1.82, 2.24) is 19.4 Å². The highest BCUT2D eigenvalue weighted by molar-refractivity contribution is 7.22. The van der Waals surface area contributed by atoms with Gasteiger partial charge in [0.15, 0.2) is 10.9 Å². The molecule has 1 N–H and O–H groups in total. The van der Waals surface area contributed by atoms with Crippen molar-refractivity contribution in [2.45, 2.75) is 19.8 Å². The van der Waals surface area contributed by atoms with Gasteiger partial charge >= 0.3 is 0 Å². The van der Waals surface area contributed by atoms with Crippen LogP contribution in [0.5, 0.6) is 0 Å². The van der Waals surface area contributed by atoms with Crippen LogP contribution in [0.2, 0.25) is 0 Å². The molecule has 4 rings (SSSR count). The van der Waals surface area contributed by atoms with Crippen molar-refractivity contribution in [2.24, 2.45) is 7.05 Å². The van der Waals surface area contributed by atoms with Crippen LogP contribution < -0.4 is 5.32 Å². The van der Waals surface area contributed by atoms with Gasteiger partial charge in [-0.05, 0) is 42.8 Å². The average Bonchev–Trinajstić information content (AvgIpc) is 3.25. The number of nitrogens with one attached hydrogen (secondary N) is 1. The zero-order valence-electron chi connectivity index (χ0n) is 17.4. The molecule has 0 unspecified atom stereocenters. The van der Waals surface area contributed by atoms with Gasteiger partial charge < -0.3 is 14.8 Å². The van der Waals surface area contributed by atoms with Crippen LogP contribution in [0.25, 0.3) is 21.3 Å². The predicted molar refractivity (Wildman–Crippen MR) is 121 cm³/mol. The van der Waals surface area contributed by atoms with Gasteiger partial charge in [-0.3, -0.25) is 9.59 Å². The molecule has 30 heavy (non-hydrogen) atoms. The van der Waals surface area contributed by atoms with Crippen LogP contribution in [-0.4, -0.2) is 45.2 Å². The highest BCUT2D eigenvalue weighted by atomic mass is 32.1. The van der Waals surface area contributed by atoms with Crippen molar-refractivity contribution in [3.8, 4) is 0 Å². The third kappa shape index (κ3) is 3.91. The summed E-state index contributed by atoms with van der Waals surface area (Å²) >= 11 is 1.58. The summed E-state index contributed by atoms with van der Waals surface area (Å²) < 4.78 is 3.06. The number of rotatable bonds is 6. The fourth-order valence-corrected chi connectivity index (χ4v) is 4.21. The molecule has 2 heterocycles. The minimum Gasteiger partial charge on any atom is -0.349 e. The van der Waals surface area contributed by atoms with Crippen molar-refractivity contribution in [3.05, 3.63) is 47.5 Å². The zero-order valence-corrected chi connectivity index (χ0v) is 18.2. The van der Waals surface area contributed by atoms with E-state index >= 15 is 0 Å². The molecule has 8 heteroatoms. The van der Waals surface area contributed by atoms with Crippen LogP contribution in [0.4, 0.5) is 11.1 Å². The zero-order chi connectivity index (χ0) is 21.4. The number of carbonyl (C=O) groups is 2. The fraction of sp³-hybridized carbons (Fsp3) is 0.273. The average molecular weight is 422 g/mol. The normalized spacial score (nSPS) is 11.2. The van der Waals surface area contributed by atoms with Gasteiger partial charge in [-0.2, -0.15) is 0 Å². The lowest BCUT2D eigenvalue weighted by Crippen LogP contribution is -2.22. The molecule has 0 atom stereocenters.